The van der Waals surface area contributed by atoms with Crippen molar-refractivity contribution in [2.45, 2.75) is 39.2 Å². The maximum atomic E-state index is 12.3. The number of carboxylic acid groups (broad SMARTS) is 1. The molecule has 2 heterocycles. The lowest BCUT2D eigenvalue weighted by molar-refractivity contribution is 0.0658. The minimum atomic E-state index is -1.12. The van der Waals surface area contributed by atoms with Crippen LogP contribution in [0.15, 0.2) is 37.9 Å². The van der Waals surface area contributed by atoms with E-state index >= 15 is 0 Å². The van der Waals surface area contributed by atoms with Crippen molar-refractivity contribution in [3.63, 3.8) is 0 Å². The van der Waals surface area contributed by atoms with Crippen LogP contribution in [0.25, 0.3) is 11.0 Å². The van der Waals surface area contributed by atoms with Gasteiger partial charge in [0.15, 0.2) is 0 Å². The molecule has 26 heavy (non-hydrogen) atoms. The largest absolute Gasteiger partial charge is 0.485 e. The molecule has 0 amide bonds. The molecule has 0 unspecified atom stereocenters. The Kier molecular flexibility index (Phi) is 4.03. The third-order valence-electron chi connectivity index (χ3n) is 4.83. The standard InChI is InChI=1S/C20H18O6/c1-11-16(24-10-12-6-8-17(25-12)19(21)22)9-7-14-13-4-2-3-5-15(13)20(23)26-18(11)14/h6-9H,2-5,10H2,1H3,(H,21,22). The smallest absolute Gasteiger partial charge is 0.371 e. The molecule has 1 N–H and O–H groups in total. The summed E-state index contributed by atoms with van der Waals surface area (Å²) in [7, 11) is 0. The number of benzene rings is 1. The molecular formula is C20H18O6. The first kappa shape index (κ1) is 16.4. The topological polar surface area (TPSA) is 89.9 Å². The van der Waals surface area contributed by atoms with Gasteiger partial charge in [-0.15, -0.1) is 0 Å². The zero-order chi connectivity index (χ0) is 18.3. The van der Waals surface area contributed by atoms with Gasteiger partial charge >= 0.3 is 11.6 Å². The Bertz CT molecular complexity index is 1060. The van der Waals surface area contributed by atoms with E-state index in [1.165, 1.54) is 6.07 Å². The molecular weight excluding hydrogens is 336 g/mol. The maximum Gasteiger partial charge on any atom is 0.371 e. The van der Waals surface area contributed by atoms with Gasteiger partial charge in [0, 0.05) is 16.5 Å². The lowest BCUT2D eigenvalue weighted by atomic mass is 9.90. The number of aryl methyl sites for hydroxylation is 2. The van der Waals surface area contributed by atoms with Crippen molar-refractivity contribution in [1.29, 1.82) is 0 Å². The van der Waals surface area contributed by atoms with Gasteiger partial charge in [-0.2, -0.15) is 0 Å². The number of carboxylic acids is 1. The molecule has 6 nitrogen and oxygen atoms in total. The van der Waals surface area contributed by atoms with Crippen LogP contribution in [-0.4, -0.2) is 11.1 Å². The zero-order valence-corrected chi connectivity index (χ0v) is 14.3. The van der Waals surface area contributed by atoms with Gasteiger partial charge in [-0.1, -0.05) is 0 Å². The van der Waals surface area contributed by atoms with Crippen molar-refractivity contribution in [2.75, 3.05) is 0 Å². The Balaban J connectivity index is 1.67. The van der Waals surface area contributed by atoms with Crippen molar-refractivity contribution in [1.82, 2.24) is 0 Å². The lowest BCUT2D eigenvalue weighted by Gasteiger charge is -2.17. The second-order valence-electron chi connectivity index (χ2n) is 6.48. The van der Waals surface area contributed by atoms with Crippen LogP contribution in [-0.2, 0) is 19.4 Å². The van der Waals surface area contributed by atoms with E-state index in [9.17, 15) is 9.59 Å². The molecule has 0 bridgehead atoms. The lowest BCUT2D eigenvalue weighted by Crippen LogP contribution is -2.16. The highest BCUT2D eigenvalue weighted by atomic mass is 16.5. The summed E-state index contributed by atoms with van der Waals surface area (Å²) in [5, 5.41) is 9.86. The van der Waals surface area contributed by atoms with E-state index in [0.29, 0.717) is 17.1 Å². The first-order valence-electron chi connectivity index (χ1n) is 8.57. The van der Waals surface area contributed by atoms with Crippen LogP contribution in [0.4, 0.5) is 0 Å². The molecule has 1 aliphatic carbocycles. The fourth-order valence-electron chi connectivity index (χ4n) is 3.50. The fraction of sp³-hybridized carbons (Fsp3) is 0.300. The van der Waals surface area contributed by atoms with Gasteiger partial charge in [0.05, 0.1) is 0 Å². The number of rotatable bonds is 4. The number of hydrogen-bond acceptors (Lipinski definition) is 5. The molecule has 0 saturated heterocycles. The summed E-state index contributed by atoms with van der Waals surface area (Å²) in [6.07, 6.45) is 3.76. The number of furan rings is 1. The highest BCUT2D eigenvalue weighted by Gasteiger charge is 2.20. The Morgan fingerprint density at radius 1 is 1.12 bits per heavy atom. The predicted molar refractivity (Wildman–Crippen MR) is 93.9 cm³/mol. The summed E-state index contributed by atoms with van der Waals surface area (Å²) in [4.78, 5) is 23.2. The monoisotopic (exact) mass is 354 g/mol. The normalized spacial score (nSPS) is 13.6. The second-order valence-corrected chi connectivity index (χ2v) is 6.48. The number of hydrogen-bond donors (Lipinski definition) is 1. The molecule has 2 aromatic heterocycles. The number of aromatic carboxylic acids is 1. The SMILES string of the molecule is Cc1c(OCc2ccc(C(=O)O)o2)ccc2c3c(c(=O)oc12)CCCC3. The minimum absolute atomic E-state index is 0.0921. The molecule has 3 aromatic rings. The highest BCUT2D eigenvalue weighted by Crippen LogP contribution is 2.32. The van der Waals surface area contributed by atoms with E-state index in [2.05, 4.69) is 0 Å². The van der Waals surface area contributed by atoms with Crippen LogP contribution in [0.2, 0.25) is 0 Å². The molecule has 0 fully saturated rings. The number of ether oxygens (including phenoxy) is 1. The van der Waals surface area contributed by atoms with Gasteiger partial charge in [-0.3, -0.25) is 0 Å². The van der Waals surface area contributed by atoms with Crippen LogP contribution in [0, 0.1) is 6.92 Å². The predicted octanol–water partition coefficient (Wildman–Crippen LogP) is 3.85. The van der Waals surface area contributed by atoms with Crippen LogP contribution in [0.1, 0.15) is 45.8 Å². The Labute approximate surface area is 149 Å². The molecule has 0 atom stereocenters. The van der Waals surface area contributed by atoms with E-state index < -0.39 is 5.97 Å². The Morgan fingerprint density at radius 3 is 2.62 bits per heavy atom. The maximum absolute atomic E-state index is 12.3. The molecule has 1 aliphatic rings. The molecule has 1 aromatic carbocycles. The van der Waals surface area contributed by atoms with Gasteiger partial charge in [0.1, 0.15) is 23.7 Å². The van der Waals surface area contributed by atoms with Crippen molar-refractivity contribution in [3.05, 3.63) is 62.9 Å². The van der Waals surface area contributed by atoms with Crippen molar-refractivity contribution in [2.24, 2.45) is 0 Å². The summed E-state index contributed by atoms with van der Waals surface area (Å²) >= 11 is 0. The quantitative estimate of drug-likeness (QED) is 0.716. The zero-order valence-electron chi connectivity index (χ0n) is 14.3. The van der Waals surface area contributed by atoms with E-state index in [4.69, 9.17) is 18.7 Å². The molecule has 0 radical (unpaired) electrons. The van der Waals surface area contributed by atoms with Gasteiger partial charge in [0.2, 0.25) is 5.76 Å². The highest BCUT2D eigenvalue weighted by molar-refractivity contribution is 5.86. The van der Waals surface area contributed by atoms with Gasteiger partial charge in [-0.25, -0.2) is 9.59 Å². The molecule has 0 saturated carbocycles. The number of fused-ring (bicyclic) bond motifs is 3. The van der Waals surface area contributed by atoms with E-state index in [0.717, 1.165) is 47.8 Å². The van der Waals surface area contributed by atoms with Crippen molar-refractivity contribution in [3.8, 4) is 5.75 Å². The summed E-state index contributed by atoms with van der Waals surface area (Å²) in [6.45, 7) is 1.94. The molecule has 6 heteroatoms. The average Bonchev–Trinajstić information content (AvgIpc) is 3.11. The molecule has 134 valence electrons. The summed E-state index contributed by atoms with van der Waals surface area (Å²) in [5.41, 5.74) is 2.93. The Morgan fingerprint density at radius 2 is 1.88 bits per heavy atom. The van der Waals surface area contributed by atoms with Crippen molar-refractivity contribution < 1.29 is 23.5 Å². The third-order valence-corrected chi connectivity index (χ3v) is 4.83. The molecule has 4 rings (SSSR count). The van der Waals surface area contributed by atoms with Crippen LogP contribution >= 0.6 is 0 Å². The second kappa shape index (κ2) is 6.37. The van der Waals surface area contributed by atoms with Crippen LogP contribution in [0.3, 0.4) is 0 Å². The van der Waals surface area contributed by atoms with Crippen LogP contribution < -0.4 is 10.4 Å². The van der Waals surface area contributed by atoms with Crippen LogP contribution in [0.5, 0.6) is 5.75 Å². The van der Waals surface area contributed by atoms with E-state index in [1.54, 1.807) is 6.07 Å². The number of carbonyl (C=O) groups is 1. The van der Waals surface area contributed by atoms with Crippen molar-refractivity contribution >= 4 is 16.9 Å². The first-order chi connectivity index (χ1) is 12.5. The van der Waals surface area contributed by atoms with Gasteiger partial charge < -0.3 is 18.7 Å². The van der Waals surface area contributed by atoms with Gasteiger partial charge in [-0.05, 0) is 62.4 Å². The third kappa shape index (κ3) is 2.77. The molecule has 0 aliphatic heterocycles. The van der Waals surface area contributed by atoms with Gasteiger partial charge in [0.25, 0.3) is 0 Å². The molecule has 0 spiro atoms. The summed E-state index contributed by atoms with van der Waals surface area (Å²) in [6, 6.07) is 6.74. The van der Waals surface area contributed by atoms with E-state index in [-0.39, 0.29) is 18.0 Å². The van der Waals surface area contributed by atoms with E-state index in [1.807, 2.05) is 19.1 Å². The average molecular weight is 354 g/mol. The summed E-state index contributed by atoms with van der Waals surface area (Å²) in [5.74, 6) is -0.264. The fourth-order valence-corrected chi connectivity index (χ4v) is 3.50. The summed E-state index contributed by atoms with van der Waals surface area (Å²) < 4.78 is 16.5. The minimum Gasteiger partial charge on any atom is -0.485 e. The first-order valence-corrected chi connectivity index (χ1v) is 8.57. The Hall–Kier alpha value is -3.02.